The molecule has 0 atom stereocenters. The Balaban J connectivity index is 1.95. The van der Waals surface area contributed by atoms with Crippen LogP contribution in [0.5, 0.6) is 0 Å². The van der Waals surface area contributed by atoms with E-state index in [1.54, 1.807) is 0 Å². The molecule has 0 aliphatic rings. The summed E-state index contributed by atoms with van der Waals surface area (Å²) in [6.45, 7) is 2.08. The van der Waals surface area contributed by atoms with Gasteiger partial charge < -0.3 is 0 Å². The molecule has 0 unspecified atom stereocenters. The molecular weight excluding hydrogens is 395 g/mol. The SMILES string of the molecule is Cc1ccc(NNP(Cl)(c2ccccc2)(c2ccccc2)c2ccccc2)cc1. The number of benzene rings is 4. The van der Waals surface area contributed by atoms with Gasteiger partial charge in [0.05, 0.1) is 0 Å². The molecule has 29 heavy (non-hydrogen) atoms. The molecule has 146 valence electrons. The van der Waals surface area contributed by atoms with Crippen molar-refractivity contribution < 1.29 is 0 Å². The monoisotopic (exact) mass is 418 g/mol. The van der Waals surface area contributed by atoms with Crippen LogP contribution in [0.3, 0.4) is 0 Å². The third kappa shape index (κ3) is 3.56. The van der Waals surface area contributed by atoms with Crippen molar-refractivity contribution in [3.8, 4) is 0 Å². The summed E-state index contributed by atoms with van der Waals surface area (Å²) in [5, 5.41) is 6.80. The fourth-order valence-electron chi connectivity index (χ4n) is 3.57. The molecule has 0 bridgehead atoms. The molecule has 4 aromatic carbocycles. The Kier molecular flexibility index (Phi) is 5.43. The van der Waals surface area contributed by atoms with Gasteiger partial charge in [-0.2, -0.15) is 0 Å². The molecular formula is C25H24ClN2P. The number of hydrogen-bond acceptors (Lipinski definition) is 2. The first-order chi connectivity index (χ1) is 14.1. The van der Waals surface area contributed by atoms with Crippen LogP contribution in [0.1, 0.15) is 5.56 Å². The van der Waals surface area contributed by atoms with Gasteiger partial charge in [0.1, 0.15) is 0 Å². The molecule has 0 heterocycles. The van der Waals surface area contributed by atoms with Crippen LogP contribution < -0.4 is 26.5 Å². The molecule has 4 rings (SSSR count). The van der Waals surface area contributed by atoms with Crippen LogP contribution in [0.15, 0.2) is 115 Å². The first kappa shape index (κ1) is 19.7. The number of rotatable bonds is 6. The van der Waals surface area contributed by atoms with Crippen LogP contribution in [-0.2, 0) is 0 Å². The molecule has 0 radical (unpaired) electrons. The predicted molar refractivity (Wildman–Crippen MR) is 129 cm³/mol. The van der Waals surface area contributed by atoms with Crippen LogP contribution >= 0.6 is 17.3 Å². The number of aryl methyl sites for hydroxylation is 1. The van der Waals surface area contributed by atoms with Gasteiger partial charge in [0.15, 0.2) is 0 Å². The normalized spacial score (nSPS) is 12.7. The van der Waals surface area contributed by atoms with Crippen molar-refractivity contribution in [3.05, 3.63) is 121 Å². The van der Waals surface area contributed by atoms with Gasteiger partial charge in [0.2, 0.25) is 0 Å². The number of hydrazine groups is 1. The van der Waals surface area contributed by atoms with Crippen LogP contribution in [-0.4, -0.2) is 0 Å². The molecule has 0 saturated carbocycles. The van der Waals surface area contributed by atoms with Crippen LogP contribution in [0.4, 0.5) is 5.69 Å². The molecule has 4 aromatic rings. The molecule has 2 N–H and O–H groups in total. The zero-order valence-electron chi connectivity index (χ0n) is 16.3. The van der Waals surface area contributed by atoms with Crippen molar-refractivity contribution in [1.29, 1.82) is 0 Å². The molecule has 0 aliphatic carbocycles. The summed E-state index contributed by atoms with van der Waals surface area (Å²) in [5.41, 5.74) is 5.61. The molecule has 0 aromatic heterocycles. The molecule has 4 heteroatoms. The second-order valence-corrected chi connectivity index (χ2v) is 12.9. The summed E-state index contributed by atoms with van der Waals surface area (Å²) in [7, 11) is 0. The van der Waals surface area contributed by atoms with Gasteiger partial charge in [-0.25, -0.2) is 0 Å². The van der Waals surface area contributed by atoms with Gasteiger partial charge in [0, 0.05) is 0 Å². The van der Waals surface area contributed by atoms with Crippen LogP contribution in [0.2, 0.25) is 0 Å². The van der Waals surface area contributed by atoms with Gasteiger partial charge in [-0.05, 0) is 0 Å². The van der Waals surface area contributed by atoms with Crippen molar-refractivity contribution >= 4 is 38.9 Å². The average Bonchev–Trinajstić information content (AvgIpc) is 2.80. The number of nitrogens with one attached hydrogen (secondary N) is 2. The van der Waals surface area contributed by atoms with E-state index in [4.69, 9.17) is 11.2 Å². The molecule has 0 amide bonds. The van der Waals surface area contributed by atoms with Crippen molar-refractivity contribution in [2.75, 3.05) is 5.43 Å². The molecule has 0 fully saturated rings. The van der Waals surface area contributed by atoms with E-state index in [1.165, 1.54) is 5.56 Å². The van der Waals surface area contributed by atoms with Crippen molar-refractivity contribution in [3.63, 3.8) is 0 Å². The van der Waals surface area contributed by atoms with Crippen LogP contribution in [0, 0.1) is 6.92 Å². The third-order valence-corrected chi connectivity index (χ3v) is 11.5. The minimum atomic E-state index is -3.52. The standard InChI is InChI=1S/C25H24ClN2P/c1-21-17-19-22(20-18-21)27-28-29(26,23-11-5-2-6-12-23,24-13-7-3-8-14-24)25-15-9-4-10-16-25/h2-20,27-28H,1H3. The average molecular weight is 419 g/mol. The van der Waals surface area contributed by atoms with E-state index >= 15 is 0 Å². The van der Waals surface area contributed by atoms with Gasteiger partial charge in [0.25, 0.3) is 0 Å². The minimum absolute atomic E-state index is 0.966. The molecule has 0 saturated heterocycles. The molecule has 0 spiro atoms. The quantitative estimate of drug-likeness (QED) is 0.318. The van der Waals surface area contributed by atoms with E-state index in [0.717, 1.165) is 21.6 Å². The van der Waals surface area contributed by atoms with Crippen molar-refractivity contribution in [2.45, 2.75) is 6.92 Å². The van der Waals surface area contributed by atoms with Crippen molar-refractivity contribution in [2.24, 2.45) is 0 Å². The second-order valence-electron chi connectivity index (χ2n) is 7.12. The topological polar surface area (TPSA) is 24.1 Å². The van der Waals surface area contributed by atoms with E-state index < -0.39 is 6.11 Å². The molecule has 0 aliphatic heterocycles. The van der Waals surface area contributed by atoms with E-state index in [1.807, 2.05) is 54.6 Å². The summed E-state index contributed by atoms with van der Waals surface area (Å²) >= 11 is 7.91. The Bertz CT molecular complexity index is 969. The summed E-state index contributed by atoms with van der Waals surface area (Å²) in [6, 6.07) is 39.2. The number of halogens is 1. The van der Waals surface area contributed by atoms with Crippen molar-refractivity contribution in [1.82, 2.24) is 5.20 Å². The van der Waals surface area contributed by atoms with Crippen LogP contribution in [0.25, 0.3) is 0 Å². The second kappa shape index (κ2) is 8.00. The van der Waals surface area contributed by atoms with E-state index in [2.05, 4.69) is 78.2 Å². The first-order valence-corrected chi connectivity index (χ1v) is 12.8. The Morgan fingerprint density at radius 1 is 0.552 bits per heavy atom. The van der Waals surface area contributed by atoms with Gasteiger partial charge in [-0.1, -0.05) is 0 Å². The Morgan fingerprint density at radius 3 is 1.31 bits per heavy atom. The maximum atomic E-state index is 7.91. The van der Waals surface area contributed by atoms with E-state index in [0.29, 0.717) is 0 Å². The Labute approximate surface area is 177 Å². The summed E-state index contributed by atoms with van der Waals surface area (Å²) < 4.78 is 0. The third-order valence-electron chi connectivity index (χ3n) is 5.19. The molecule has 2 nitrogen and oxygen atoms in total. The zero-order chi connectivity index (χ0) is 20.2. The Hall–Kier alpha value is -2.64. The Morgan fingerprint density at radius 2 is 0.931 bits per heavy atom. The first-order valence-electron chi connectivity index (χ1n) is 9.62. The number of anilines is 1. The zero-order valence-corrected chi connectivity index (χ0v) is 17.9. The van der Waals surface area contributed by atoms with E-state index in [9.17, 15) is 0 Å². The predicted octanol–water partition coefficient (Wildman–Crippen LogP) is 5.51. The number of hydrogen-bond donors (Lipinski definition) is 2. The summed E-state index contributed by atoms with van der Waals surface area (Å²) in [4.78, 5) is 0. The van der Waals surface area contributed by atoms with Gasteiger partial charge >= 0.3 is 177 Å². The fraction of sp³-hybridized carbons (Fsp3) is 0.0400. The fourth-order valence-corrected chi connectivity index (χ4v) is 8.53. The van der Waals surface area contributed by atoms with Gasteiger partial charge in [-0.3, -0.25) is 0 Å². The van der Waals surface area contributed by atoms with Gasteiger partial charge in [-0.15, -0.1) is 0 Å². The van der Waals surface area contributed by atoms with E-state index in [-0.39, 0.29) is 0 Å². The maximum absolute atomic E-state index is 7.91. The summed E-state index contributed by atoms with van der Waals surface area (Å²) in [5.74, 6) is 0. The summed E-state index contributed by atoms with van der Waals surface area (Å²) in [6.07, 6.45) is -3.52.